The third-order valence-electron chi connectivity index (χ3n) is 3.30. The molecule has 3 aromatic rings. The number of hydrogen-bond donors (Lipinski definition) is 2. The van der Waals surface area contributed by atoms with Crippen LogP contribution in [0.5, 0.6) is 5.88 Å². The number of H-pyrrole nitrogens is 1. The molecule has 0 spiro atoms. The van der Waals surface area contributed by atoms with Crippen LogP contribution in [0.25, 0.3) is 16.7 Å². The van der Waals surface area contributed by atoms with Gasteiger partial charge in [0, 0.05) is 5.69 Å². The Labute approximate surface area is 108 Å². The lowest BCUT2D eigenvalue weighted by atomic mass is 10.2. The maximum atomic E-state index is 11.9. The van der Waals surface area contributed by atoms with Crippen molar-refractivity contribution in [1.29, 1.82) is 0 Å². The van der Waals surface area contributed by atoms with Gasteiger partial charge >= 0.3 is 0 Å². The number of hydrogen-bond acceptors (Lipinski definition) is 4. The first-order chi connectivity index (χ1) is 9.02. The van der Waals surface area contributed by atoms with E-state index < -0.39 is 0 Å². The highest BCUT2D eigenvalue weighted by Crippen LogP contribution is 2.24. The molecule has 6 heteroatoms. The summed E-state index contributed by atoms with van der Waals surface area (Å²) in [6.07, 6.45) is 0.443. The summed E-state index contributed by atoms with van der Waals surface area (Å²) in [5.74, 6) is -0.115. The molecule has 0 radical (unpaired) electrons. The van der Waals surface area contributed by atoms with Crippen LogP contribution in [0.1, 0.15) is 23.7 Å². The summed E-state index contributed by atoms with van der Waals surface area (Å²) in [6.45, 7) is 5.63. The summed E-state index contributed by atoms with van der Waals surface area (Å²) in [4.78, 5) is 19.0. The Bertz CT molecular complexity index is 861. The first-order valence-electron chi connectivity index (χ1n) is 6.13. The Morgan fingerprint density at radius 1 is 1.42 bits per heavy atom. The van der Waals surface area contributed by atoms with Crippen molar-refractivity contribution in [2.75, 3.05) is 0 Å². The standard InChI is InChI=1S/C13H14N4O2/c1-4-8-12(18)15-11-9-6(2)5-7(3)14-10(9)16-17(11)13(8)19/h5,19H,4H2,1-3H3,(H,15,18). The minimum absolute atomic E-state index is 0.115. The van der Waals surface area contributed by atoms with Crippen molar-refractivity contribution < 1.29 is 5.11 Å². The summed E-state index contributed by atoms with van der Waals surface area (Å²) in [7, 11) is 0. The van der Waals surface area contributed by atoms with Crippen molar-refractivity contribution in [2.45, 2.75) is 27.2 Å². The van der Waals surface area contributed by atoms with E-state index >= 15 is 0 Å². The second-order valence-electron chi connectivity index (χ2n) is 4.65. The first kappa shape index (κ1) is 11.7. The predicted molar refractivity (Wildman–Crippen MR) is 71.6 cm³/mol. The van der Waals surface area contributed by atoms with E-state index in [0.717, 1.165) is 16.6 Å². The van der Waals surface area contributed by atoms with E-state index in [-0.39, 0.29) is 11.4 Å². The van der Waals surface area contributed by atoms with Crippen molar-refractivity contribution in [3.05, 3.63) is 33.2 Å². The van der Waals surface area contributed by atoms with Crippen LogP contribution in [0.4, 0.5) is 0 Å². The SMILES string of the molecule is CCc1c(O)n2nc3nc(C)cc(C)c3c2[nH]c1=O. The Morgan fingerprint density at radius 2 is 2.16 bits per heavy atom. The molecule has 6 nitrogen and oxygen atoms in total. The fraction of sp³-hybridized carbons (Fsp3) is 0.308. The highest BCUT2D eigenvalue weighted by Gasteiger charge is 2.16. The van der Waals surface area contributed by atoms with Crippen molar-refractivity contribution >= 4 is 16.7 Å². The third kappa shape index (κ3) is 1.53. The van der Waals surface area contributed by atoms with Gasteiger partial charge < -0.3 is 10.1 Å². The quantitative estimate of drug-likeness (QED) is 0.692. The zero-order valence-corrected chi connectivity index (χ0v) is 11.0. The van der Waals surface area contributed by atoms with E-state index in [2.05, 4.69) is 15.1 Å². The van der Waals surface area contributed by atoms with Crippen molar-refractivity contribution in [3.63, 3.8) is 0 Å². The molecule has 98 valence electrons. The summed E-state index contributed by atoms with van der Waals surface area (Å²) in [5.41, 5.74) is 2.88. The number of fused-ring (bicyclic) bond motifs is 3. The number of aromatic nitrogens is 4. The highest BCUT2D eigenvalue weighted by atomic mass is 16.3. The molecule has 19 heavy (non-hydrogen) atoms. The van der Waals surface area contributed by atoms with Gasteiger partial charge in [-0.15, -0.1) is 5.10 Å². The average molecular weight is 258 g/mol. The topological polar surface area (TPSA) is 83.3 Å². The van der Waals surface area contributed by atoms with Crippen molar-refractivity contribution in [2.24, 2.45) is 0 Å². The van der Waals surface area contributed by atoms with Crippen LogP contribution in [-0.4, -0.2) is 24.7 Å². The van der Waals surface area contributed by atoms with Crippen LogP contribution in [0.3, 0.4) is 0 Å². The largest absolute Gasteiger partial charge is 0.493 e. The van der Waals surface area contributed by atoms with Gasteiger partial charge in [-0.05, 0) is 31.9 Å². The number of nitrogens with zero attached hydrogens (tertiary/aromatic N) is 3. The van der Waals surface area contributed by atoms with Crippen LogP contribution >= 0.6 is 0 Å². The highest BCUT2D eigenvalue weighted by molar-refractivity contribution is 5.92. The molecule has 0 aliphatic heterocycles. The number of nitrogens with one attached hydrogen (secondary N) is 1. The smallest absolute Gasteiger partial charge is 0.258 e. The van der Waals surface area contributed by atoms with Gasteiger partial charge in [-0.25, -0.2) is 4.98 Å². The monoisotopic (exact) mass is 258 g/mol. The van der Waals surface area contributed by atoms with Gasteiger partial charge in [0.25, 0.3) is 5.56 Å². The fourth-order valence-electron chi connectivity index (χ4n) is 2.43. The summed E-state index contributed by atoms with van der Waals surface area (Å²) in [6, 6.07) is 1.92. The number of pyridine rings is 1. The van der Waals surface area contributed by atoms with Crippen LogP contribution in [0, 0.1) is 13.8 Å². The minimum atomic E-state index is -0.283. The number of aryl methyl sites for hydroxylation is 2. The molecule has 3 rings (SSSR count). The van der Waals surface area contributed by atoms with E-state index in [1.54, 1.807) is 0 Å². The van der Waals surface area contributed by atoms with E-state index in [0.29, 0.717) is 23.3 Å². The Hall–Kier alpha value is -2.37. The van der Waals surface area contributed by atoms with Gasteiger partial charge in [0.1, 0.15) is 5.65 Å². The average Bonchev–Trinajstić information content (AvgIpc) is 2.68. The molecule has 0 unspecified atom stereocenters. The Morgan fingerprint density at radius 3 is 2.84 bits per heavy atom. The normalized spacial score (nSPS) is 11.5. The molecule has 0 amide bonds. The van der Waals surface area contributed by atoms with Crippen LogP contribution in [0.2, 0.25) is 0 Å². The number of rotatable bonds is 1. The zero-order chi connectivity index (χ0) is 13.7. The summed E-state index contributed by atoms with van der Waals surface area (Å²) >= 11 is 0. The molecule has 0 aliphatic rings. The van der Waals surface area contributed by atoms with Gasteiger partial charge in [-0.1, -0.05) is 6.92 Å². The van der Waals surface area contributed by atoms with E-state index in [4.69, 9.17) is 0 Å². The van der Waals surface area contributed by atoms with Gasteiger partial charge in [0.2, 0.25) is 5.88 Å². The van der Waals surface area contributed by atoms with E-state index in [1.165, 1.54) is 4.52 Å². The van der Waals surface area contributed by atoms with E-state index in [9.17, 15) is 9.90 Å². The van der Waals surface area contributed by atoms with Crippen LogP contribution in [0.15, 0.2) is 10.9 Å². The second-order valence-corrected chi connectivity index (χ2v) is 4.65. The molecule has 2 N–H and O–H groups in total. The maximum Gasteiger partial charge on any atom is 0.258 e. The Balaban J connectivity index is 2.59. The molecular weight excluding hydrogens is 244 g/mol. The van der Waals surface area contributed by atoms with Gasteiger partial charge in [-0.3, -0.25) is 4.79 Å². The first-order valence-corrected chi connectivity index (χ1v) is 6.13. The zero-order valence-electron chi connectivity index (χ0n) is 11.0. The Kier molecular flexibility index (Phi) is 2.35. The fourth-order valence-corrected chi connectivity index (χ4v) is 2.43. The molecule has 0 aliphatic carbocycles. The molecule has 0 atom stereocenters. The minimum Gasteiger partial charge on any atom is -0.493 e. The van der Waals surface area contributed by atoms with Gasteiger partial charge in [0.15, 0.2) is 5.65 Å². The second kappa shape index (κ2) is 3.81. The van der Waals surface area contributed by atoms with Crippen molar-refractivity contribution in [1.82, 2.24) is 19.6 Å². The molecule has 0 fully saturated rings. The van der Waals surface area contributed by atoms with Crippen LogP contribution in [-0.2, 0) is 6.42 Å². The summed E-state index contributed by atoms with van der Waals surface area (Å²) < 4.78 is 1.35. The lowest BCUT2D eigenvalue weighted by Crippen LogP contribution is -2.15. The molecule has 3 aromatic heterocycles. The molecule has 0 saturated carbocycles. The third-order valence-corrected chi connectivity index (χ3v) is 3.30. The molecule has 0 aromatic carbocycles. The predicted octanol–water partition coefficient (Wildman–Crippen LogP) is 1.46. The molecular formula is C13H14N4O2. The lowest BCUT2D eigenvalue weighted by Gasteiger charge is -2.02. The van der Waals surface area contributed by atoms with Gasteiger partial charge in [-0.2, -0.15) is 4.52 Å². The molecule has 0 bridgehead atoms. The number of aromatic amines is 1. The molecule has 3 heterocycles. The molecule has 0 saturated heterocycles. The summed E-state index contributed by atoms with van der Waals surface area (Å²) in [5, 5.41) is 15.2. The van der Waals surface area contributed by atoms with Crippen LogP contribution < -0.4 is 5.56 Å². The lowest BCUT2D eigenvalue weighted by molar-refractivity contribution is 0.427. The van der Waals surface area contributed by atoms with E-state index in [1.807, 2.05) is 26.8 Å². The number of aromatic hydroxyl groups is 1. The maximum absolute atomic E-state index is 11.9. The van der Waals surface area contributed by atoms with Gasteiger partial charge in [0.05, 0.1) is 10.9 Å². The van der Waals surface area contributed by atoms with Crippen molar-refractivity contribution in [3.8, 4) is 5.88 Å².